The maximum absolute atomic E-state index is 11.9. The van der Waals surface area contributed by atoms with Gasteiger partial charge in [0, 0.05) is 23.3 Å². The van der Waals surface area contributed by atoms with Crippen molar-refractivity contribution in [2.24, 2.45) is 0 Å². The Labute approximate surface area is 101 Å². The molecule has 1 aromatic carbocycles. The lowest BCUT2D eigenvalue weighted by molar-refractivity contribution is -0.121. The average Bonchev–Trinajstić information content (AvgIpc) is 2.23. The minimum absolute atomic E-state index is 0.128. The average molecular weight is 239 g/mol. The van der Waals surface area contributed by atoms with Crippen LogP contribution in [0.5, 0.6) is 0 Å². The number of anilines is 1. The predicted molar refractivity (Wildman–Crippen MR) is 65.9 cm³/mol. The van der Waals surface area contributed by atoms with Crippen LogP contribution in [0, 0.1) is 0 Å². The number of carbonyl (C=O) groups excluding carboxylic acids is 1. The van der Waals surface area contributed by atoms with Crippen LogP contribution in [0.2, 0.25) is 5.02 Å². The van der Waals surface area contributed by atoms with E-state index >= 15 is 0 Å². The van der Waals surface area contributed by atoms with Crippen molar-refractivity contribution in [3.05, 3.63) is 29.3 Å². The Bertz CT molecular complexity index is 408. The third kappa shape index (κ3) is 2.20. The highest BCUT2D eigenvalue weighted by Gasteiger charge is 2.27. The molecule has 1 fully saturated rings. The summed E-state index contributed by atoms with van der Waals surface area (Å²) in [4.78, 5) is 15.8. The molecule has 0 aliphatic carbocycles. The third-order valence-electron chi connectivity index (χ3n) is 3.00. The zero-order chi connectivity index (χ0) is 11.7. The number of hydrogen-bond donors (Lipinski definition) is 0. The van der Waals surface area contributed by atoms with Gasteiger partial charge in [0.1, 0.15) is 0 Å². The molecule has 1 atom stereocenters. The highest BCUT2D eigenvalue weighted by atomic mass is 35.5. The summed E-state index contributed by atoms with van der Waals surface area (Å²) in [6.07, 6.45) is 0. The van der Waals surface area contributed by atoms with Crippen molar-refractivity contribution in [1.29, 1.82) is 0 Å². The molecule has 2 rings (SSSR count). The van der Waals surface area contributed by atoms with Gasteiger partial charge in [0.25, 0.3) is 0 Å². The number of rotatable bonds is 1. The summed E-state index contributed by atoms with van der Waals surface area (Å²) in [5.74, 6) is 0.128. The van der Waals surface area contributed by atoms with Crippen LogP contribution in [0.25, 0.3) is 0 Å². The number of hydrogen-bond acceptors (Lipinski definition) is 2. The zero-order valence-corrected chi connectivity index (χ0v) is 10.2. The first-order chi connectivity index (χ1) is 7.58. The van der Waals surface area contributed by atoms with E-state index in [-0.39, 0.29) is 5.91 Å². The van der Waals surface area contributed by atoms with Gasteiger partial charge in [-0.3, -0.25) is 9.69 Å². The maximum Gasteiger partial charge on any atom is 0.241 e. The molecular formula is C12H15ClN2O. The molecule has 0 spiro atoms. The van der Waals surface area contributed by atoms with Crippen molar-refractivity contribution in [2.75, 3.05) is 25.0 Å². The molecule has 0 unspecified atom stereocenters. The minimum Gasteiger partial charge on any atom is -0.310 e. The Morgan fingerprint density at radius 2 is 2.19 bits per heavy atom. The lowest BCUT2D eigenvalue weighted by Gasteiger charge is -2.37. The van der Waals surface area contributed by atoms with Gasteiger partial charge < -0.3 is 4.90 Å². The fourth-order valence-electron chi connectivity index (χ4n) is 1.85. The van der Waals surface area contributed by atoms with E-state index in [1.165, 1.54) is 0 Å². The second kappa shape index (κ2) is 4.44. The molecule has 1 aliphatic heterocycles. The molecule has 1 aliphatic rings. The van der Waals surface area contributed by atoms with E-state index in [0.29, 0.717) is 17.6 Å². The molecule has 0 N–H and O–H groups in total. The minimum atomic E-state index is 0.128. The van der Waals surface area contributed by atoms with Gasteiger partial charge in [-0.05, 0) is 32.2 Å². The molecule has 0 aromatic heterocycles. The summed E-state index contributed by atoms with van der Waals surface area (Å²) in [5, 5.41) is 0.664. The first-order valence-corrected chi connectivity index (χ1v) is 5.72. The molecule has 0 bridgehead atoms. The van der Waals surface area contributed by atoms with Crippen LogP contribution in [0.4, 0.5) is 5.69 Å². The van der Waals surface area contributed by atoms with Gasteiger partial charge >= 0.3 is 0 Å². The van der Waals surface area contributed by atoms with Gasteiger partial charge in [-0.25, -0.2) is 0 Å². The van der Waals surface area contributed by atoms with Crippen molar-refractivity contribution >= 4 is 23.2 Å². The van der Waals surface area contributed by atoms with Gasteiger partial charge in [-0.1, -0.05) is 17.7 Å². The first-order valence-electron chi connectivity index (χ1n) is 5.34. The van der Waals surface area contributed by atoms with Crippen LogP contribution < -0.4 is 4.90 Å². The lowest BCUT2D eigenvalue weighted by atomic mass is 10.1. The van der Waals surface area contributed by atoms with Crippen LogP contribution >= 0.6 is 11.6 Å². The summed E-state index contributed by atoms with van der Waals surface area (Å²) < 4.78 is 0. The Balaban J connectivity index is 2.24. The molecule has 1 amide bonds. The molecule has 1 heterocycles. The number of halogens is 1. The van der Waals surface area contributed by atoms with Crippen LogP contribution in [0.1, 0.15) is 6.92 Å². The van der Waals surface area contributed by atoms with Crippen molar-refractivity contribution < 1.29 is 4.79 Å². The monoisotopic (exact) mass is 238 g/mol. The fourth-order valence-corrected chi connectivity index (χ4v) is 2.04. The number of benzene rings is 1. The largest absolute Gasteiger partial charge is 0.310 e. The Hall–Kier alpha value is -1.06. The smallest absolute Gasteiger partial charge is 0.241 e. The number of carbonyl (C=O) groups is 1. The molecule has 3 nitrogen and oxygen atoms in total. The molecule has 86 valence electrons. The molecule has 0 saturated carbocycles. The van der Waals surface area contributed by atoms with Gasteiger partial charge in [0.2, 0.25) is 5.91 Å². The Morgan fingerprint density at radius 1 is 1.44 bits per heavy atom. The normalized spacial score (nSPS) is 22.6. The number of likely N-dealkylation sites (N-methyl/N-ethyl adjacent to an activating group) is 1. The number of amides is 1. The van der Waals surface area contributed by atoms with Gasteiger partial charge in [0.15, 0.2) is 0 Å². The maximum atomic E-state index is 11.9. The molecule has 0 radical (unpaired) electrons. The number of nitrogens with zero attached hydrogens (tertiary/aromatic N) is 2. The zero-order valence-electron chi connectivity index (χ0n) is 9.48. The van der Waals surface area contributed by atoms with E-state index < -0.39 is 0 Å². The van der Waals surface area contributed by atoms with E-state index in [2.05, 4.69) is 11.8 Å². The fraction of sp³-hybridized carbons (Fsp3) is 0.417. The summed E-state index contributed by atoms with van der Waals surface area (Å²) in [6.45, 7) is 3.30. The van der Waals surface area contributed by atoms with E-state index in [4.69, 9.17) is 11.6 Å². The topological polar surface area (TPSA) is 23.6 Å². The van der Waals surface area contributed by atoms with Crippen molar-refractivity contribution in [3.63, 3.8) is 0 Å². The summed E-state index contributed by atoms with van der Waals surface area (Å²) in [5.41, 5.74) is 0.887. The number of piperazine rings is 1. The van der Waals surface area contributed by atoms with Gasteiger partial charge in [-0.15, -0.1) is 0 Å². The summed E-state index contributed by atoms with van der Waals surface area (Å²) in [6, 6.07) is 7.80. The third-order valence-corrected chi connectivity index (χ3v) is 3.24. The second-order valence-electron chi connectivity index (χ2n) is 4.25. The predicted octanol–water partition coefficient (Wildman–Crippen LogP) is 2.01. The SMILES string of the molecule is C[C@H]1CN(c2cccc(Cl)c2)C(=O)CN1C. The standard InChI is InChI=1S/C12H15ClN2O/c1-9-7-15(12(16)8-14(9)2)11-5-3-4-10(13)6-11/h3-6,9H,7-8H2,1-2H3/t9-/m0/s1. The van der Waals surface area contributed by atoms with Crippen molar-refractivity contribution in [1.82, 2.24) is 4.90 Å². The highest BCUT2D eigenvalue weighted by molar-refractivity contribution is 6.30. The molecule has 4 heteroatoms. The van der Waals surface area contributed by atoms with E-state index in [9.17, 15) is 4.79 Å². The van der Waals surface area contributed by atoms with Crippen LogP contribution in [-0.4, -0.2) is 37.0 Å². The quantitative estimate of drug-likeness (QED) is 0.747. The van der Waals surface area contributed by atoms with E-state index in [1.54, 1.807) is 4.90 Å². The Morgan fingerprint density at radius 3 is 2.88 bits per heavy atom. The van der Waals surface area contributed by atoms with Crippen LogP contribution in [0.3, 0.4) is 0 Å². The van der Waals surface area contributed by atoms with Crippen LogP contribution in [0.15, 0.2) is 24.3 Å². The molecule has 1 aromatic rings. The Kier molecular flexibility index (Phi) is 3.17. The summed E-state index contributed by atoms with van der Waals surface area (Å²) >= 11 is 5.93. The lowest BCUT2D eigenvalue weighted by Crippen LogP contribution is -2.53. The van der Waals surface area contributed by atoms with Crippen LogP contribution in [-0.2, 0) is 4.79 Å². The summed E-state index contributed by atoms with van der Waals surface area (Å²) in [7, 11) is 1.97. The van der Waals surface area contributed by atoms with Crippen molar-refractivity contribution in [3.8, 4) is 0 Å². The molecular weight excluding hydrogens is 224 g/mol. The van der Waals surface area contributed by atoms with Gasteiger partial charge in [-0.2, -0.15) is 0 Å². The van der Waals surface area contributed by atoms with E-state index in [0.717, 1.165) is 12.2 Å². The highest BCUT2D eigenvalue weighted by Crippen LogP contribution is 2.22. The molecule has 16 heavy (non-hydrogen) atoms. The van der Waals surface area contributed by atoms with E-state index in [1.807, 2.05) is 31.3 Å². The second-order valence-corrected chi connectivity index (χ2v) is 4.68. The molecule has 1 saturated heterocycles. The first kappa shape index (κ1) is 11.4. The van der Waals surface area contributed by atoms with Gasteiger partial charge in [0.05, 0.1) is 6.54 Å². The van der Waals surface area contributed by atoms with Crippen molar-refractivity contribution in [2.45, 2.75) is 13.0 Å².